The largest absolute Gasteiger partial charge is 0.464 e. The van der Waals surface area contributed by atoms with Gasteiger partial charge in [-0.1, -0.05) is 6.07 Å². The van der Waals surface area contributed by atoms with Gasteiger partial charge in [-0.15, -0.1) is 0 Å². The minimum atomic E-state index is -1.00. The zero-order valence-corrected chi connectivity index (χ0v) is 10.0. The maximum atomic E-state index is 10.7. The average Bonchev–Trinajstić information content (AvgIpc) is 2.87. The molecule has 0 unspecified atom stereocenters. The molecule has 6 nitrogen and oxygen atoms in total. The van der Waals surface area contributed by atoms with E-state index in [1.807, 2.05) is 23.1 Å². The van der Waals surface area contributed by atoms with Crippen LogP contribution in [-0.4, -0.2) is 27.8 Å². The van der Waals surface area contributed by atoms with Crippen LogP contribution in [0.5, 0.6) is 11.5 Å². The lowest BCUT2D eigenvalue weighted by Gasteiger charge is -2.22. The lowest BCUT2D eigenvalue weighted by molar-refractivity contribution is 0.173. The van der Waals surface area contributed by atoms with Crippen molar-refractivity contribution in [1.82, 2.24) is 9.80 Å². The van der Waals surface area contributed by atoms with Crippen LogP contribution in [0.4, 0.5) is 4.79 Å². The molecule has 2 heterocycles. The van der Waals surface area contributed by atoms with Gasteiger partial charge in [0.1, 0.15) is 0 Å². The molecule has 19 heavy (non-hydrogen) atoms. The van der Waals surface area contributed by atoms with Crippen molar-refractivity contribution in [2.45, 2.75) is 6.54 Å². The maximum absolute atomic E-state index is 10.7. The van der Waals surface area contributed by atoms with Crippen LogP contribution in [0.3, 0.4) is 0 Å². The Labute approximate surface area is 109 Å². The van der Waals surface area contributed by atoms with Crippen LogP contribution in [-0.2, 0) is 6.54 Å². The number of hydrogen-bond donors (Lipinski definition) is 1. The first-order valence-corrected chi connectivity index (χ1v) is 5.74. The number of amides is 1. The molecule has 0 aromatic heterocycles. The van der Waals surface area contributed by atoms with Crippen LogP contribution in [0.15, 0.2) is 43.0 Å². The number of nitrogens with zero attached hydrogens (tertiary/aromatic N) is 2. The minimum absolute atomic E-state index is 0.260. The summed E-state index contributed by atoms with van der Waals surface area (Å²) >= 11 is 0. The topological polar surface area (TPSA) is 62.2 Å². The third kappa shape index (κ3) is 2.33. The Kier molecular flexibility index (Phi) is 2.75. The first kappa shape index (κ1) is 11.5. The molecule has 1 aromatic carbocycles. The fraction of sp³-hybridized carbons (Fsp3) is 0.154. The first-order valence-electron chi connectivity index (χ1n) is 5.74. The molecule has 0 atom stereocenters. The Balaban J connectivity index is 1.68. The average molecular weight is 260 g/mol. The Morgan fingerprint density at radius 2 is 1.89 bits per heavy atom. The normalized spacial score (nSPS) is 16.0. The van der Waals surface area contributed by atoms with Crippen molar-refractivity contribution in [2.24, 2.45) is 0 Å². The summed E-state index contributed by atoms with van der Waals surface area (Å²) in [6.45, 7) is 0.896. The maximum Gasteiger partial charge on any atom is 0.415 e. The summed E-state index contributed by atoms with van der Waals surface area (Å²) in [7, 11) is 0. The SMILES string of the molecule is O=C(O)N1C=CN(Cc2ccc3c(c2)OCO3)C=C1. The number of carboxylic acid groups (broad SMARTS) is 1. The van der Waals surface area contributed by atoms with Gasteiger partial charge in [-0.3, -0.25) is 4.90 Å². The molecule has 2 aliphatic heterocycles. The highest BCUT2D eigenvalue weighted by molar-refractivity contribution is 5.67. The van der Waals surface area contributed by atoms with Gasteiger partial charge in [0.15, 0.2) is 11.5 Å². The van der Waals surface area contributed by atoms with Crippen molar-refractivity contribution < 1.29 is 19.4 Å². The van der Waals surface area contributed by atoms with E-state index in [1.54, 1.807) is 12.4 Å². The van der Waals surface area contributed by atoms with Crippen LogP contribution < -0.4 is 9.47 Å². The van der Waals surface area contributed by atoms with Gasteiger partial charge in [-0.25, -0.2) is 4.79 Å². The predicted molar refractivity (Wildman–Crippen MR) is 66.3 cm³/mol. The van der Waals surface area contributed by atoms with Crippen molar-refractivity contribution in [3.63, 3.8) is 0 Å². The van der Waals surface area contributed by atoms with E-state index in [0.717, 1.165) is 22.0 Å². The van der Waals surface area contributed by atoms with E-state index >= 15 is 0 Å². The van der Waals surface area contributed by atoms with Gasteiger partial charge < -0.3 is 19.5 Å². The number of benzene rings is 1. The molecule has 1 amide bonds. The van der Waals surface area contributed by atoms with Crippen LogP contribution in [0.2, 0.25) is 0 Å². The van der Waals surface area contributed by atoms with Gasteiger partial charge in [-0.2, -0.15) is 0 Å². The van der Waals surface area contributed by atoms with Gasteiger partial charge >= 0.3 is 6.09 Å². The standard InChI is InChI=1S/C13H12N2O4/c16-13(17)15-5-3-14(4-6-15)8-10-1-2-11-12(7-10)19-9-18-11/h1-7H,8-9H2,(H,16,17). The van der Waals surface area contributed by atoms with Gasteiger partial charge in [0.05, 0.1) is 0 Å². The molecule has 98 valence electrons. The number of rotatable bonds is 2. The second-order valence-corrected chi connectivity index (χ2v) is 4.15. The summed E-state index contributed by atoms with van der Waals surface area (Å²) in [5.41, 5.74) is 1.06. The molecule has 3 rings (SSSR count). The Morgan fingerprint density at radius 1 is 1.16 bits per heavy atom. The van der Waals surface area contributed by atoms with E-state index in [1.165, 1.54) is 12.4 Å². The molecule has 1 aromatic rings. The van der Waals surface area contributed by atoms with Crippen LogP contribution in [0.25, 0.3) is 0 Å². The molecule has 0 fully saturated rings. The molecular weight excluding hydrogens is 248 g/mol. The highest BCUT2D eigenvalue weighted by Crippen LogP contribution is 2.32. The smallest absolute Gasteiger partial charge is 0.415 e. The Bertz CT molecular complexity index is 554. The van der Waals surface area contributed by atoms with Crippen LogP contribution in [0, 0.1) is 0 Å². The van der Waals surface area contributed by atoms with Gasteiger partial charge in [0, 0.05) is 31.3 Å². The van der Waals surface area contributed by atoms with Gasteiger partial charge in [0.2, 0.25) is 6.79 Å². The van der Waals surface area contributed by atoms with Gasteiger partial charge in [0.25, 0.3) is 0 Å². The second kappa shape index (κ2) is 4.56. The molecule has 0 aliphatic carbocycles. The first-order chi connectivity index (χ1) is 9.22. The van der Waals surface area contributed by atoms with E-state index in [0.29, 0.717) is 6.54 Å². The summed E-state index contributed by atoms with van der Waals surface area (Å²) < 4.78 is 10.6. The fourth-order valence-corrected chi connectivity index (χ4v) is 1.90. The van der Waals surface area contributed by atoms with E-state index in [-0.39, 0.29) is 6.79 Å². The third-order valence-corrected chi connectivity index (χ3v) is 2.86. The monoisotopic (exact) mass is 260 g/mol. The Morgan fingerprint density at radius 3 is 2.63 bits per heavy atom. The molecule has 0 radical (unpaired) electrons. The Hall–Kier alpha value is -2.63. The minimum Gasteiger partial charge on any atom is -0.464 e. The second-order valence-electron chi connectivity index (χ2n) is 4.15. The summed E-state index contributed by atoms with van der Waals surface area (Å²) in [5, 5.41) is 8.79. The number of ether oxygens (including phenoxy) is 2. The summed E-state index contributed by atoms with van der Waals surface area (Å²) in [6.07, 6.45) is 5.40. The van der Waals surface area contributed by atoms with Gasteiger partial charge in [-0.05, 0) is 17.7 Å². The van der Waals surface area contributed by atoms with Crippen molar-refractivity contribution in [3.05, 3.63) is 48.6 Å². The van der Waals surface area contributed by atoms with Crippen molar-refractivity contribution in [2.75, 3.05) is 6.79 Å². The zero-order chi connectivity index (χ0) is 13.2. The molecular formula is C13H12N2O4. The lowest BCUT2D eigenvalue weighted by Crippen LogP contribution is -2.23. The molecule has 1 N–H and O–H groups in total. The van der Waals surface area contributed by atoms with E-state index in [9.17, 15) is 4.79 Å². The fourth-order valence-electron chi connectivity index (χ4n) is 1.90. The van der Waals surface area contributed by atoms with E-state index in [2.05, 4.69) is 0 Å². The predicted octanol–water partition coefficient (Wildman–Crippen LogP) is 2.15. The number of fused-ring (bicyclic) bond motifs is 1. The molecule has 0 saturated heterocycles. The lowest BCUT2D eigenvalue weighted by atomic mass is 10.2. The number of carbonyl (C=O) groups is 1. The molecule has 0 bridgehead atoms. The molecule has 2 aliphatic rings. The quantitative estimate of drug-likeness (QED) is 0.882. The van der Waals surface area contributed by atoms with Crippen molar-refractivity contribution >= 4 is 6.09 Å². The summed E-state index contributed by atoms with van der Waals surface area (Å²) in [5.74, 6) is 1.50. The van der Waals surface area contributed by atoms with Crippen molar-refractivity contribution in [1.29, 1.82) is 0 Å². The summed E-state index contributed by atoms with van der Waals surface area (Å²) in [4.78, 5) is 13.7. The van der Waals surface area contributed by atoms with Crippen LogP contribution in [0.1, 0.15) is 5.56 Å². The highest BCUT2D eigenvalue weighted by atomic mass is 16.7. The van der Waals surface area contributed by atoms with E-state index < -0.39 is 6.09 Å². The third-order valence-electron chi connectivity index (χ3n) is 2.86. The molecule has 0 spiro atoms. The van der Waals surface area contributed by atoms with Crippen LogP contribution >= 0.6 is 0 Å². The van der Waals surface area contributed by atoms with E-state index in [4.69, 9.17) is 14.6 Å². The zero-order valence-electron chi connectivity index (χ0n) is 10.0. The number of hydrogen-bond acceptors (Lipinski definition) is 4. The summed E-state index contributed by atoms with van der Waals surface area (Å²) in [6, 6.07) is 5.75. The van der Waals surface area contributed by atoms with Crippen molar-refractivity contribution in [3.8, 4) is 11.5 Å². The molecule has 6 heteroatoms. The highest BCUT2D eigenvalue weighted by Gasteiger charge is 2.14. The molecule has 0 saturated carbocycles.